The molecular weight excluding hydrogens is 304 g/mol. The Bertz CT molecular complexity index is 728. The maximum atomic E-state index is 12.2. The van der Waals surface area contributed by atoms with Crippen LogP contribution in [0.25, 0.3) is 0 Å². The highest BCUT2D eigenvalue weighted by molar-refractivity contribution is 6.04. The molecule has 5 heteroatoms. The van der Waals surface area contributed by atoms with E-state index in [1.807, 2.05) is 36.2 Å². The molecule has 0 saturated carbocycles. The van der Waals surface area contributed by atoms with E-state index in [0.29, 0.717) is 17.8 Å². The fraction of sp³-hybridized carbons (Fsp3) is 0.263. The standard InChI is InChI=1S/C19H22N2O3/c1-14(22)17-9-4-5-10-18(17)20-19(23)13-21(2)12-15-7-6-8-16(11-15)24-3/h4-11H,12-13H2,1-3H3,(H,20,23). The number of anilines is 1. The van der Waals surface area contributed by atoms with Crippen molar-refractivity contribution in [1.82, 2.24) is 4.90 Å². The summed E-state index contributed by atoms with van der Waals surface area (Å²) >= 11 is 0. The first kappa shape index (κ1) is 17.7. The first-order valence-electron chi connectivity index (χ1n) is 7.71. The molecular formula is C19H22N2O3. The van der Waals surface area contributed by atoms with Crippen molar-refractivity contribution in [2.75, 3.05) is 26.0 Å². The molecule has 2 aromatic rings. The van der Waals surface area contributed by atoms with Crippen LogP contribution in [-0.2, 0) is 11.3 Å². The van der Waals surface area contributed by atoms with Gasteiger partial charge in [0.2, 0.25) is 5.91 Å². The summed E-state index contributed by atoms with van der Waals surface area (Å²) in [5.41, 5.74) is 2.12. The summed E-state index contributed by atoms with van der Waals surface area (Å²) in [7, 11) is 3.50. The van der Waals surface area contributed by atoms with Gasteiger partial charge in [-0.3, -0.25) is 14.5 Å². The minimum Gasteiger partial charge on any atom is -0.497 e. The van der Waals surface area contributed by atoms with Gasteiger partial charge >= 0.3 is 0 Å². The zero-order valence-corrected chi connectivity index (χ0v) is 14.2. The van der Waals surface area contributed by atoms with Crippen molar-refractivity contribution >= 4 is 17.4 Å². The Hall–Kier alpha value is -2.66. The van der Waals surface area contributed by atoms with Crippen molar-refractivity contribution in [2.45, 2.75) is 13.5 Å². The average molecular weight is 326 g/mol. The molecule has 0 aliphatic carbocycles. The second kappa shape index (κ2) is 8.26. The Morgan fingerprint density at radius 2 is 1.88 bits per heavy atom. The summed E-state index contributed by atoms with van der Waals surface area (Å²) in [5, 5.41) is 2.80. The number of amides is 1. The predicted molar refractivity (Wildman–Crippen MR) is 94.4 cm³/mol. The Balaban J connectivity index is 1.95. The molecule has 24 heavy (non-hydrogen) atoms. The fourth-order valence-corrected chi connectivity index (χ4v) is 2.47. The summed E-state index contributed by atoms with van der Waals surface area (Å²) in [6.07, 6.45) is 0. The van der Waals surface area contributed by atoms with Gasteiger partial charge in [0.1, 0.15) is 5.75 Å². The van der Waals surface area contributed by atoms with E-state index in [4.69, 9.17) is 4.74 Å². The van der Waals surface area contributed by atoms with Crippen LogP contribution in [0.3, 0.4) is 0 Å². The lowest BCUT2D eigenvalue weighted by Crippen LogP contribution is -2.30. The molecule has 0 heterocycles. The normalized spacial score (nSPS) is 10.5. The van der Waals surface area contributed by atoms with Crippen molar-refractivity contribution in [3.05, 3.63) is 59.7 Å². The van der Waals surface area contributed by atoms with Crippen molar-refractivity contribution in [1.29, 1.82) is 0 Å². The number of carbonyl (C=O) groups is 2. The average Bonchev–Trinajstić information content (AvgIpc) is 2.55. The number of hydrogen-bond acceptors (Lipinski definition) is 4. The summed E-state index contributed by atoms with van der Waals surface area (Å²) in [5.74, 6) is 0.561. The molecule has 0 atom stereocenters. The third kappa shape index (κ3) is 4.93. The van der Waals surface area contributed by atoms with Gasteiger partial charge in [-0.05, 0) is 43.8 Å². The lowest BCUT2D eigenvalue weighted by molar-refractivity contribution is -0.117. The van der Waals surface area contributed by atoms with E-state index in [1.165, 1.54) is 6.92 Å². The molecule has 0 saturated heterocycles. The van der Waals surface area contributed by atoms with Crippen LogP contribution >= 0.6 is 0 Å². The molecule has 0 radical (unpaired) electrons. The van der Waals surface area contributed by atoms with E-state index in [9.17, 15) is 9.59 Å². The van der Waals surface area contributed by atoms with Gasteiger partial charge in [0.15, 0.2) is 5.78 Å². The number of carbonyl (C=O) groups excluding carboxylic acids is 2. The molecule has 1 N–H and O–H groups in total. The third-order valence-corrected chi connectivity index (χ3v) is 3.58. The number of benzene rings is 2. The molecule has 5 nitrogen and oxygen atoms in total. The van der Waals surface area contributed by atoms with Crippen molar-refractivity contribution in [2.24, 2.45) is 0 Å². The first-order chi connectivity index (χ1) is 11.5. The highest BCUT2D eigenvalue weighted by Gasteiger charge is 2.12. The van der Waals surface area contributed by atoms with Crippen LogP contribution in [0, 0.1) is 0 Å². The van der Waals surface area contributed by atoms with E-state index >= 15 is 0 Å². The van der Waals surface area contributed by atoms with Crippen molar-refractivity contribution in [3.8, 4) is 5.75 Å². The second-order valence-electron chi connectivity index (χ2n) is 5.67. The zero-order valence-electron chi connectivity index (χ0n) is 14.2. The third-order valence-electron chi connectivity index (χ3n) is 3.58. The largest absolute Gasteiger partial charge is 0.497 e. The molecule has 2 rings (SSSR count). The second-order valence-corrected chi connectivity index (χ2v) is 5.67. The number of ether oxygens (including phenoxy) is 1. The van der Waals surface area contributed by atoms with Gasteiger partial charge in [0.05, 0.1) is 19.3 Å². The van der Waals surface area contributed by atoms with Crippen molar-refractivity contribution < 1.29 is 14.3 Å². The number of hydrogen-bond donors (Lipinski definition) is 1. The molecule has 0 unspecified atom stereocenters. The Kier molecular flexibility index (Phi) is 6.09. The molecule has 0 spiro atoms. The first-order valence-corrected chi connectivity index (χ1v) is 7.71. The van der Waals surface area contributed by atoms with Gasteiger partial charge in [0, 0.05) is 12.1 Å². The molecule has 0 aromatic heterocycles. The quantitative estimate of drug-likeness (QED) is 0.795. The lowest BCUT2D eigenvalue weighted by atomic mass is 10.1. The number of nitrogens with zero attached hydrogens (tertiary/aromatic N) is 1. The Morgan fingerprint density at radius 1 is 1.12 bits per heavy atom. The lowest BCUT2D eigenvalue weighted by Gasteiger charge is -2.17. The van der Waals surface area contributed by atoms with Crippen LogP contribution in [-0.4, -0.2) is 37.3 Å². The highest BCUT2D eigenvalue weighted by Crippen LogP contribution is 2.16. The van der Waals surface area contributed by atoms with Crippen molar-refractivity contribution in [3.63, 3.8) is 0 Å². The molecule has 0 bridgehead atoms. The molecule has 0 aliphatic rings. The van der Waals surface area contributed by atoms with Crippen LogP contribution in [0.4, 0.5) is 5.69 Å². The van der Waals surface area contributed by atoms with Crippen LogP contribution in [0.2, 0.25) is 0 Å². The smallest absolute Gasteiger partial charge is 0.238 e. The fourth-order valence-electron chi connectivity index (χ4n) is 2.47. The van der Waals surface area contributed by atoms with E-state index < -0.39 is 0 Å². The predicted octanol–water partition coefficient (Wildman–Crippen LogP) is 2.97. The number of para-hydroxylation sites is 1. The van der Waals surface area contributed by atoms with Gasteiger partial charge in [-0.15, -0.1) is 0 Å². The summed E-state index contributed by atoms with van der Waals surface area (Å²) in [4.78, 5) is 25.7. The minimum atomic E-state index is -0.158. The summed E-state index contributed by atoms with van der Waals surface area (Å²) < 4.78 is 5.20. The zero-order chi connectivity index (χ0) is 17.5. The number of nitrogens with one attached hydrogen (secondary N) is 1. The SMILES string of the molecule is COc1cccc(CN(C)CC(=O)Nc2ccccc2C(C)=O)c1. The van der Waals surface area contributed by atoms with E-state index in [1.54, 1.807) is 31.4 Å². The van der Waals surface area contributed by atoms with Gasteiger partial charge in [0.25, 0.3) is 0 Å². The highest BCUT2D eigenvalue weighted by atomic mass is 16.5. The number of ketones is 1. The number of rotatable bonds is 7. The van der Waals surface area contributed by atoms with Gasteiger partial charge in [-0.1, -0.05) is 24.3 Å². The molecule has 1 amide bonds. The number of methoxy groups -OCH3 is 1. The number of likely N-dealkylation sites (N-methyl/N-ethyl adjacent to an activating group) is 1. The van der Waals surface area contributed by atoms with E-state index in [-0.39, 0.29) is 18.2 Å². The topological polar surface area (TPSA) is 58.6 Å². The Morgan fingerprint density at radius 3 is 2.58 bits per heavy atom. The van der Waals surface area contributed by atoms with Crippen LogP contribution < -0.4 is 10.1 Å². The summed E-state index contributed by atoms with van der Waals surface area (Å²) in [6, 6.07) is 14.7. The van der Waals surface area contributed by atoms with Gasteiger partial charge < -0.3 is 10.1 Å². The van der Waals surface area contributed by atoms with Crippen LogP contribution in [0.1, 0.15) is 22.8 Å². The Labute approximate surface area is 142 Å². The number of Topliss-reactive ketones (excluding diaryl/α,β-unsaturated/α-hetero) is 1. The monoisotopic (exact) mass is 326 g/mol. The summed E-state index contributed by atoms with van der Waals surface area (Å²) in [6.45, 7) is 2.34. The van der Waals surface area contributed by atoms with E-state index in [2.05, 4.69) is 5.32 Å². The van der Waals surface area contributed by atoms with Gasteiger partial charge in [-0.2, -0.15) is 0 Å². The van der Waals surface area contributed by atoms with Gasteiger partial charge in [-0.25, -0.2) is 0 Å². The molecule has 2 aromatic carbocycles. The van der Waals surface area contributed by atoms with E-state index in [0.717, 1.165) is 11.3 Å². The molecule has 0 aliphatic heterocycles. The molecule has 0 fully saturated rings. The molecule has 126 valence electrons. The minimum absolute atomic E-state index is 0.0735. The maximum absolute atomic E-state index is 12.2. The van der Waals surface area contributed by atoms with Crippen LogP contribution in [0.5, 0.6) is 5.75 Å². The maximum Gasteiger partial charge on any atom is 0.238 e. The van der Waals surface area contributed by atoms with Crippen LogP contribution in [0.15, 0.2) is 48.5 Å².